The number of anilines is 2. The topological polar surface area (TPSA) is 71.5 Å². The summed E-state index contributed by atoms with van der Waals surface area (Å²) in [5.41, 5.74) is 2.46. The molecule has 1 unspecified atom stereocenters. The summed E-state index contributed by atoms with van der Waals surface area (Å²) < 4.78 is 11.4. The van der Waals surface area contributed by atoms with Crippen molar-refractivity contribution in [2.24, 2.45) is 0 Å². The molecule has 0 saturated carbocycles. The molecule has 0 spiro atoms. The van der Waals surface area contributed by atoms with Crippen molar-refractivity contribution in [1.82, 2.24) is 4.90 Å². The van der Waals surface area contributed by atoms with Crippen LogP contribution in [0, 0.1) is 0 Å². The first-order chi connectivity index (χ1) is 19.9. The lowest BCUT2D eigenvalue weighted by atomic mass is 10.0. The number of amides is 1. The number of nitrogens with zero attached hydrogens (tertiary/aromatic N) is 3. The van der Waals surface area contributed by atoms with Gasteiger partial charge in [-0.2, -0.15) is 0 Å². The van der Waals surface area contributed by atoms with Gasteiger partial charge in [0.1, 0.15) is 11.9 Å². The van der Waals surface area contributed by atoms with E-state index in [9.17, 15) is 9.59 Å². The summed E-state index contributed by atoms with van der Waals surface area (Å²) in [5, 5.41) is 2.26. The minimum Gasteiger partial charge on any atom is -0.494 e. The van der Waals surface area contributed by atoms with Gasteiger partial charge in [-0.05, 0) is 69.3 Å². The number of piperazine rings is 1. The lowest BCUT2D eigenvalue weighted by Crippen LogP contribution is -2.46. The van der Waals surface area contributed by atoms with Crippen LogP contribution in [-0.2, 0) is 20.8 Å². The largest absolute Gasteiger partial charge is 0.534 e. The van der Waals surface area contributed by atoms with Gasteiger partial charge < -0.3 is 14.4 Å². The van der Waals surface area contributed by atoms with Gasteiger partial charge >= 0.3 is 6.16 Å². The second-order valence-electron chi connectivity index (χ2n) is 10.7. The van der Waals surface area contributed by atoms with Crippen molar-refractivity contribution in [2.45, 2.75) is 71.3 Å². The quantitative estimate of drug-likeness (QED) is 0.175. The number of hydrogen-bond acceptors (Lipinski definition) is 7. The SMILES string of the molecule is CCCCCC(C)OC(=O)ON1C(=O)CCc2ccc(OCCCCN3CCN(c4cccc(Cl)c4Cl)CC3)cc21. The fourth-order valence-electron chi connectivity index (χ4n) is 5.19. The van der Waals surface area contributed by atoms with E-state index >= 15 is 0 Å². The number of fused-ring (bicyclic) bond motifs is 1. The van der Waals surface area contributed by atoms with Crippen LogP contribution in [0.5, 0.6) is 5.75 Å². The van der Waals surface area contributed by atoms with Gasteiger partial charge in [-0.3, -0.25) is 14.5 Å². The molecule has 0 N–H and O–H groups in total. The molecule has 8 nitrogen and oxygen atoms in total. The molecule has 1 fully saturated rings. The number of rotatable bonds is 13. The molecule has 1 saturated heterocycles. The second-order valence-corrected chi connectivity index (χ2v) is 11.5. The fraction of sp³-hybridized carbons (Fsp3) is 0.548. The molecule has 0 bridgehead atoms. The molecule has 0 aliphatic carbocycles. The summed E-state index contributed by atoms with van der Waals surface area (Å²) in [7, 11) is 0. The first kappa shape index (κ1) is 31.3. The minimum absolute atomic E-state index is 0.270. The predicted molar refractivity (Wildman–Crippen MR) is 163 cm³/mol. The Morgan fingerprint density at radius 2 is 1.78 bits per heavy atom. The van der Waals surface area contributed by atoms with E-state index in [4.69, 9.17) is 37.5 Å². The van der Waals surface area contributed by atoms with E-state index in [1.807, 2.05) is 37.3 Å². The highest BCUT2D eigenvalue weighted by molar-refractivity contribution is 6.43. The van der Waals surface area contributed by atoms with Crippen LogP contribution in [0.15, 0.2) is 36.4 Å². The molecule has 0 aromatic heterocycles. The molecule has 2 heterocycles. The van der Waals surface area contributed by atoms with Crippen molar-refractivity contribution >= 4 is 46.6 Å². The number of aryl methyl sites for hydroxylation is 1. The number of unbranched alkanes of at least 4 members (excludes halogenated alkanes) is 3. The Bertz CT molecular complexity index is 1170. The van der Waals surface area contributed by atoms with Gasteiger partial charge in [0.25, 0.3) is 5.91 Å². The third-order valence-corrected chi connectivity index (χ3v) is 8.38. The highest BCUT2D eigenvalue weighted by Gasteiger charge is 2.29. The number of hydroxylamine groups is 1. The van der Waals surface area contributed by atoms with Gasteiger partial charge in [0.05, 0.1) is 28.0 Å². The zero-order chi connectivity index (χ0) is 29.2. The number of carbonyl (C=O) groups is 2. The molecule has 2 aromatic carbocycles. The van der Waals surface area contributed by atoms with E-state index in [-0.39, 0.29) is 18.4 Å². The summed E-state index contributed by atoms with van der Waals surface area (Å²) in [4.78, 5) is 35.1. The van der Waals surface area contributed by atoms with Gasteiger partial charge in [0.15, 0.2) is 0 Å². The Labute approximate surface area is 253 Å². The highest BCUT2D eigenvalue weighted by Crippen LogP contribution is 2.34. The van der Waals surface area contributed by atoms with Crippen molar-refractivity contribution in [2.75, 3.05) is 49.3 Å². The van der Waals surface area contributed by atoms with E-state index < -0.39 is 6.16 Å². The van der Waals surface area contributed by atoms with E-state index in [0.717, 1.165) is 87.6 Å². The maximum atomic E-state index is 12.6. The molecule has 1 atom stereocenters. The van der Waals surface area contributed by atoms with Crippen LogP contribution in [-0.4, -0.2) is 62.4 Å². The average Bonchev–Trinajstić information content (AvgIpc) is 2.96. The van der Waals surface area contributed by atoms with Crippen LogP contribution in [0.25, 0.3) is 0 Å². The number of hydrogen-bond donors (Lipinski definition) is 0. The van der Waals surface area contributed by atoms with Crippen molar-refractivity contribution in [1.29, 1.82) is 0 Å². The Kier molecular flexibility index (Phi) is 11.8. The van der Waals surface area contributed by atoms with Gasteiger partial charge in [0.2, 0.25) is 0 Å². The van der Waals surface area contributed by atoms with Gasteiger partial charge in [-0.15, -0.1) is 5.06 Å². The van der Waals surface area contributed by atoms with Crippen molar-refractivity contribution in [3.8, 4) is 5.75 Å². The lowest BCUT2D eigenvalue weighted by molar-refractivity contribution is -0.125. The normalized spacial score (nSPS) is 16.3. The van der Waals surface area contributed by atoms with Gasteiger partial charge in [-0.1, -0.05) is 55.1 Å². The van der Waals surface area contributed by atoms with Crippen molar-refractivity contribution in [3.05, 3.63) is 52.0 Å². The van der Waals surface area contributed by atoms with Crippen LogP contribution in [0.4, 0.5) is 16.2 Å². The molecule has 2 aromatic rings. The van der Waals surface area contributed by atoms with Crippen LogP contribution in [0.3, 0.4) is 0 Å². The Morgan fingerprint density at radius 1 is 0.976 bits per heavy atom. The third-order valence-electron chi connectivity index (χ3n) is 7.57. The number of benzene rings is 2. The summed E-state index contributed by atoms with van der Waals surface area (Å²) in [5.74, 6) is 0.364. The molecule has 0 radical (unpaired) electrons. The maximum Gasteiger partial charge on any atom is 0.534 e. The predicted octanol–water partition coefficient (Wildman–Crippen LogP) is 7.29. The fourth-order valence-corrected chi connectivity index (χ4v) is 5.60. The number of carbonyl (C=O) groups excluding carboxylic acids is 2. The number of ether oxygens (including phenoxy) is 2. The highest BCUT2D eigenvalue weighted by atomic mass is 35.5. The molecular weight excluding hydrogens is 565 g/mol. The third kappa shape index (κ3) is 8.90. The summed E-state index contributed by atoms with van der Waals surface area (Å²) in [6.45, 7) is 9.29. The first-order valence-electron chi connectivity index (χ1n) is 14.7. The molecule has 2 aliphatic heterocycles. The van der Waals surface area contributed by atoms with Crippen LogP contribution < -0.4 is 14.7 Å². The zero-order valence-electron chi connectivity index (χ0n) is 24.1. The van der Waals surface area contributed by atoms with E-state index in [2.05, 4.69) is 16.7 Å². The van der Waals surface area contributed by atoms with Crippen molar-refractivity contribution < 1.29 is 23.9 Å². The summed E-state index contributed by atoms with van der Waals surface area (Å²) >= 11 is 12.6. The molecule has 10 heteroatoms. The molecule has 4 rings (SSSR count). The zero-order valence-corrected chi connectivity index (χ0v) is 25.6. The average molecular weight is 607 g/mol. The smallest absolute Gasteiger partial charge is 0.494 e. The second kappa shape index (κ2) is 15.5. The van der Waals surface area contributed by atoms with Gasteiger partial charge in [0, 0.05) is 38.7 Å². The van der Waals surface area contributed by atoms with Crippen LogP contribution in [0.1, 0.15) is 64.4 Å². The molecule has 41 heavy (non-hydrogen) atoms. The van der Waals surface area contributed by atoms with E-state index in [1.54, 1.807) is 6.07 Å². The summed E-state index contributed by atoms with van der Waals surface area (Å²) in [6, 6.07) is 11.4. The van der Waals surface area contributed by atoms with Crippen molar-refractivity contribution in [3.63, 3.8) is 0 Å². The molecule has 2 aliphatic rings. The lowest BCUT2D eigenvalue weighted by Gasteiger charge is -2.36. The minimum atomic E-state index is -0.863. The Balaban J connectivity index is 1.20. The molecular formula is C31H41Cl2N3O5. The monoisotopic (exact) mass is 605 g/mol. The Hall–Kier alpha value is -2.68. The maximum absolute atomic E-state index is 12.6. The first-order valence-corrected chi connectivity index (χ1v) is 15.5. The Morgan fingerprint density at radius 3 is 2.56 bits per heavy atom. The van der Waals surface area contributed by atoms with E-state index in [1.165, 1.54) is 0 Å². The summed E-state index contributed by atoms with van der Waals surface area (Å²) in [6.07, 6.45) is 5.57. The van der Waals surface area contributed by atoms with Gasteiger partial charge in [-0.25, -0.2) is 4.79 Å². The molecule has 1 amide bonds. The van der Waals surface area contributed by atoms with Crippen LogP contribution >= 0.6 is 23.2 Å². The number of halogens is 2. The van der Waals surface area contributed by atoms with Crippen LogP contribution in [0.2, 0.25) is 10.0 Å². The standard InChI is InChI=1S/C31H41Cl2N3O5/c1-3-4-5-9-23(2)40-31(38)41-36-28-22-25(14-12-24(28)13-15-29(36)37)39-21-7-6-16-34-17-19-35(20-18-34)27-11-8-10-26(32)30(27)33/h8,10-12,14,22-23H,3-7,9,13,15-21H2,1-2H3. The van der Waals surface area contributed by atoms with E-state index in [0.29, 0.717) is 34.5 Å². The molecule has 224 valence electrons.